The summed E-state index contributed by atoms with van der Waals surface area (Å²) in [5.74, 6) is 0.611. The Labute approximate surface area is 147 Å². The first kappa shape index (κ1) is 17.3. The fourth-order valence-electron chi connectivity index (χ4n) is 2.86. The third kappa shape index (κ3) is 4.75. The van der Waals surface area contributed by atoms with E-state index in [9.17, 15) is 5.11 Å². The first-order valence-corrected chi connectivity index (χ1v) is 8.54. The number of aliphatic hydroxyl groups excluding tert-OH is 2. The van der Waals surface area contributed by atoms with Crippen LogP contribution in [0.3, 0.4) is 0 Å². The van der Waals surface area contributed by atoms with Crippen molar-refractivity contribution in [3.63, 3.8) is 0 Å². The first-order valence-electron chi connectivity index (χ1n) is 8.54. The van der Waals surface area contributed by atoms with Gasteiger partial charge >= 0.3 is 0 Å². The number of hydrogen-bond acceptors (Lipinski definition) is 4. The molecule has 0 bridgehead atoms. The molecule has 0 aliphatic carbocycles. The number of aromatic nitrogens is 3. The second kappa shape index (κ2) is 8.55. The molecule has 1 aromatic heterocycles. The molecule has 3 rings (SSSR count). The maximum absolute atomic E-state index is 10.5. The minimum absolute atomic E-state index is 0.0655. The van der Waals surface area contributed by atoms with Gasteiger partial charge in [-0.3, -0.25) is 0 Å². The van der Waals surface area contributed by atoms with Crippen LogP contribution in [0.15, 0.2) is 60.9 Å². The SMILES string of the molecule is OCc1ccc(CCCC(O)c2nncn2Cc2ccccc2)cc1. The zero-order valence-corrected chi connectivity index (χ0v) is 14.1. The fourth-order valence-corrected chi connectivity index (χ4v) is 2.86. The number of rotatable bonds is 8. The van der Waals surface area contributed by atoms with Crippen LogP contribution < -0.4 is 0 Å². The Morgan fingerprint density at radius 3 is 2.36 bits per heavy atom. The molecule has 2 aromatic carbocycles. The zero-order chi connectivity index (χ0) is 17.5. The van der Waals surface area contributed by atoms with E-state index in [1.807, 2.05) is 59.2 Å². The average Bonchev–Trinajstić information content (AvgIpc) is 3.11. The van der Waals surface area contributed by atoms with Crippen LogP contribution in [0.1, 0.15) is 41.5 Å². The number of benzene rings is 2. The number of nitrogens with zero attached hydrogens (tertiary/aromatic N) is 3. The summed E-state index contributed by atoms with van der Waals surface area (Å²) in [6.45, 7) is 0.721. The molecule has 5 heteroatoms. The van der Waals surface area contributed by atoms with Crippen LogP contribution in [0.4, 0.5) is 0 Å². The summed E-state index contributed by atoms with van der Waals surface area (Å²) in [5.41, 5.74) is 3.27. The lowest BCUT2D eigenvalue weighted by Gasteiger charge is -2.12. The van der Waals surface area contributed by atoms with Gasteiger partial charge in [-0.25, -0.2) is 0 Å². The molecule has 0 aliphatic heterocycles. The van der Waals surface area contributed by atoms with Crippen LogP contribution >= 0.6 is 0 Å². The summed E-state index contributed by atoms with van der Waals surface area (Å²) in [6.07, 6.45) is 3.42. The Balaban J connectivity index is 1.54. The van der Waals surface area contributed by atoms with E-state index >= 15 is 0 Å². The predicted octanol–water partition coefficient (Wildman–Crippen LogP) is 2.88. The van der Waals surface area contributed by atoms with Gasteiger partial charge in [0.1, 0.15) is 12.4 Å². The van der Waals surface area contributed by atoms with Crippen molar-refractivity contribution in [2.24, 2.45) is 0 Å². The number of aryl methyl sites for hydroxylation is 1. The van der Waals surface area contributed by atoms with Crippen molar-refractivity contribution < 1.29 is 10.2 Å². The van der Waals surface area contributed by atoms with E-state index in [1.54, 1.807) is 6.33 Å². The molecule has 0 amide bonds. The molecule has 2 N–H and O–H groups in total. The summed E-state index contributed by atoms with van der Waals surface area (Å²) >= 11 is 0. The van der Waals surface area contributed by atoms with Gasteiger partial charge in [-0.05, 0) is 36.0 Å². The molecule has 0 saturated heterocycles. The smallest absolute Gasteiger partial charge is 0.162 e. The lowest BCUT2D eigenvalue weighted by molar-refractivity contribution is 0.150. The van der Waals surface area contributed by atoms with Gasteiger partial charge < -0.3 is 14.8 Å². The lowest BCUT2D eigenvalue weighted by Crippen LogP contribution is -2.10. The van der Waals surface area contributed by atoms with E-state index in [1.165, 1.54) is 5.56 Å². The molecular formula is C20H23N3O2. The van der Waals surface area contributed by atoms with Crippen molar-refractivity contribution in [2.45, 2.75) is 38.5 Å². The van der Waals surface area contributed by atoms with Gasteiger partial charge in [0, 0.05) is 0 Å². The van der Waals surface area contributed by atoms with Gasteiger partial charge in [0.25, 0.3) is 0 Å². The maximum Gasteiger partial charge on any atom is 0.162 e. The molecule has 5 nitrogen and oxygen atoms in total. The largest absolute Gasteiger partial charge is 0.392 e. The van der Waals surface area contributed by atoms with Crippen LogP contribution in [0.25, 0.3) is 0 Å². The van der Waals surface area contributed by atoms with Crippen LogP contribution in [-0.2, 0) is 19.6 Å². The van der Waals surface area contributed by atoms with E-state index in [-0.39, 0.29) is 6.61 Å². The van der Waals surface area contributed by atoms with E-state index in [0.29, 0.717) is 18.8 Å². The van der Waals surface area contributed by atoms with Gasteiger partial charge in [-0.1, -0.05) is 54.6 Å². The summed E-state index contributed by atoms with van der Waals surface area (Å²) in [6, 6.07) is 18.0. The Morgan fingerprint density at radius 1 is 0.920 bits per heavy atom. The minimum atomic E-state index is -0.622. The molecule has 0 fully saturated rings. The van der Waals surface area contributed by atoms with E-state index < -0.39 is 6.10 Å². The van der Waals surface area contributed by atoms with Gasteiger partial charge in [0.05, 0.1) is 13.2 Å². The van der Waals surface area contributed by atoms with Crippen molar-refractivity contribution in [1.29, 1.82) is 0 Å². The second-order valence-corrected chi connectivity index (χ2v) is 6.19. The van der Waals surface area contributed by atoms with Gasteiger partial charge in [0.15, 0.2) is 5.82 Å². The van der Waals surface area contributed by atoms with Crippen LogP contribution in [-0.4, -0.2) is 25.0 Å². The number of aliphatic hydroxyl groups is 2. The molecule has 1 atom stereocenters. The van der Waals surface area contributed by atoms with Gasteiger partial charge in [0.2, 0.25) is 0 Å². The van der Waals surface area contributed by atoms with Gasteiger partial charge in [-0.2, -0.15) is 0 Å². The highest BCUT2D eigenvalue weighted by Crippen LogP contribution is 2.19. The predicted molar refractivity (Wildman–Crippen MR) is 95.8 cm³/mol. The fraction of sp³-hybridized carbons (Fsp3) is 0.300. The summed E-state index contributed by atoms with van der Waals surface area (Å²) in [5, 5.41) is 27.6. The van der Waals surface area contributed by atoms with Crippen molar-refractivity contribution >= 4 is 0 Å². The molecule has 0 radical (unpaired) electrons. The van der Waals surface area contributed by atoms with E-state index in [2.05, 4.69) is 10.2 Å². The summed E-state index contributed by atoms with van der Waals surface area (Å²) in [7, 11) is 0. The molecule has 25 heavy (non-hydrogen) atoms. The van der Waals surface area contributed by atoms with Crippen molar-refractivity contribution in [3.05, 3.63) is 83.4 Å². The van der Waals surface area contributed by atoms with Crippen molar-refractivity contribution in [1.82, 2.24) is 14.8 Å². The van der Waals surface area contributed by atoms with Gasteiger partial charge in [-0.15, -0.1) is 10.2 Å². The molecule has 0 aliphatic rings. The Morgan fingerprint density at radius 2 is 1.64 bits per heavy atom. The number of hydrogen-bond donors (Lipinski definition) is 2. The molecular weight excluding hydrogens is 314 g/mol. The monoisotopic (exact) mass is 337 g/mol. The Bertz CT molecular complexity index is 769. The second-order valence-electron chi connectivity index (χ2n) is 6.19. The molecule has 0 saturated carbocycles. The summed E-state index contributed by atoms with van der Waals surface area (Å²) < 4.78 is 1.90. The van der Waals surface area contributed by atoms with Crippen molar-refractivity contribution in [3.8, 4) is 0 Å². The molecule has 130 valence electrons. The minimum Gasteiger partial charge on any atom is -0.392 e. The third-order valence-electron chi connectivity index (χ3n) is 4.29. The Kier molecular flexibility index (Phi) is 5.93. The third-order valence-corrected chi connectivity index (χ3v) is 4.29. The quantitative estimate of drug-likeness (QED) is 0.663. The lowest BCUT2D eigenvalue weighted by atomic mass is 10.0. The van der Waals surface area contributed by atoms with Crippen LogP contribution in [0, 0.1) is 0 Å². The van der Waals surface area contributed by atoms with Crippen LogP contribution in [0.5, 0.6) is 0 Å². The highest BCUT2D eigenvalue weighted by atomic mass is 16.3. The van der Waals surface area contributed by atoms with Crippen molar-refractivity contribution in [2.75, 3.05) is 0 Å². The Hall–Kier alpha value is -2.50. The zero-order valence-electron chi connectivity index (χ0n) is 14.1. The van der Waals surface area contributed by atoms with E-state index in [4.69, 9.17) is 5.11 Å². The highest BCUT2D eigenvalue weighted by Gasteiger charge is 2.15. The topological polar surface area (TPSA) is 71.2 Å². The normalized spacial score (nSPS) is 12.2. The first-order chi connectivity index (χ1) is 12.3. The van der Waals surface area contributed by atoms with Crippen LogP contribution in [0.2, 0.25) is 0 Å². The van der Waals surface area contributed by atoms with E-state index in [0.717, 1.165) is 24.0 Å². The molecule has 1 unspecified atom stereocenters. The average molecular weight is 337 g/mol. The maximum atomic E-state index is 10.5. The molecule has 3 aromatic rings. The standard InChI is InChI=1S/C20H23N3O2/c24-14-18-11-9-16(10-12-18)7-4-8-19(25)20-22-21-15-23(20)13-17-5-2-1-3-6-17/h1-3,5-6,9-12,15,19,24-25H,4,7-8,13-14H2. The summed E-state index contributed by atoms with van der Waals surface area (Å²) in [4.78, 5) is 0. The molecule has 0 spiro atoms. The molecule has 1 heterocycles. The highest BCUT2D eigenvalue weighted by molar-refractivity contribution is 5.22.